The van der Waals surface area contributed by atoms with Crippen LogP contribution in [0.15, 0.2) is 64.0 Å². The fourth-order valence-corrected chi connectivity index (χ4v) is 2.54. The lowest BCUT2D eigenvalue weighted by atomic mass is 10.2. The molecule has 0 saturated carbocycles. The van der Waals surface area contributed by atoms with Crippen molar-refractivity contribution in [3.8, 4) is 17.3 Å². The smallest absolute Gasteiger partial charge is 0.335 e. The van der Waals surface area contributed by atoms with Gasteiger partial charge < -0.3 is 14.5 Å². The van der Waals surface area contributed by atoms with E-state index >= 15 is 0 Å². The topological polar surface area (TPSA) is 112 Å². The normalized spacial score (nSPS) is 10.8. The van der Waals surface area contributed by atoms with Gasteiger partial charge in [-0.1, -0.05) is 0 Å². The molecule has 0 aliphatic carbocycles. The summed E-state index contributed by atoms with van der Waals surface area (Å²) in [5.41, 5.74) is 0.874. The summed E-state index contributed by atoms with van der Waals surface area (Å²) in [6, 6.07) is 11.7. The fraction of sp³-hybridized carbons (Fsp3) is 0.105. The molecule has 9 nitrogen and oxygen atoms in total. The van der Waals surface area contributed by atoms with Gasteiger partial charge in [0, 0.05) is 17.7 Å². The first-order chi connectivity index (χ1) is 14.1. The SMILES string of the molecule is O=C(NCCOc1ccc2nnc(-c3ccc(F)cc3)n2n1)c1ccc(=O)oc1. The Morgan fingerprint density at radius 3 is 2.69 bits per heavy atom. The predicted molar refractivity (Wildman–Crippen MR) is 99.0 cm³/mol. The van der Waals surface area contributed by atoms with Crippen LogP contribution in [0, 0.1) is 5.82 Å². The van der Waals surface area contributed by atoms with Crippen molar-refractivity contribution in [2.45, 2.75) is 0 Å². The van der Waals surface area contributed by atoms with Crippen LogP contribution < -0.4 is 15.7 Å². The van der Waals surface area contributed by atoms with E-state index in [2.05, 4.69) is 25.0 Å². The van der Waals surface area contributed by atoms with E-state index in [9.17, 15) is 14.0 Å². The van der Waals surface area contributed by atoms with Gasteiger partial charge in [-0.2, -0.15) is 4.52 Å². The van der Waals surface area contributed by atoms with Crippen molar-refractivity contribution in [1.82, 2.24) is 25.1 Å². The van der Waals surface area contributed by atoms with E-state index in [1.54, 1.807) is 24.3 Å². The van der Waals surface area contributed by atoms with Crippen LogP contribution >= 0.6 is 0 Å². The average Bonchev–Trinajstić information content (AvgIpc) is 3.15. The van der Waals surface area contributed by atoms with Crippen LogP contribution in [0.4, 0.5) is 4.39 Å². The summed E-state index contributed by atoms with van der Waals surface area (Å²) in [7, 11) is 0. The molecule has 3 heterocycles. The molecule has 4 aromatic rings. The zero-order chi connectivity index (χ0) is 20.2. The average molecular weight is 395 g/mol. The molecule has 0 saturated heterocycles. The second-order valence-electron chi connectivity index (χ2n) is 5.92. The molecule has 1 aromatic carbocycles. The minimum absolute atomic E-state index is 0.162. The Morgan fingerprint density at radius 1 is 1.10 bits per heavy atom. The molecule has 0 radical (unpaired) electrons. The maximum absolute atomic E-state index is 13.1. The lowest BCUT2D eigenvalue weighted by Crippen LogP contribution is -2.28. The Kier molecular flexibility index (Phi) is 4.97. The van der Waals surface area contributed by atoms with Gasteiger partial charge in [-0.05, 0) is 36.4 Å². The van der Waals surface area contributed by atoms with Crippen LogP contribution in [0.3, 0.4) is 0 Å². The van der Waals surface area contributed by atoms with Gasteiger partial charge in [-0.3, -0.25) is 4.79 Å². The highest BCUT2D eigenvalue weighted by Crippen LogP contribution is 2.19. The van der Waals surface area contributed by atoms with Crippen molar-refractivity contribution < 1.29 is 18.3 Å². The van der Waals surface area contributed by atoms with E-state index in [4.69, 9.17) is 4.74 Å². The maximum atomic E-state index is 13.1. The standard InChI is InChI=1S/C19H14FN5O4/c20-14-4-1-12(2-5-14)18-23-22-15-6-7-16(24-25(15)18)28-10-9-21-19(27)13-3-8-17(26)29-11-13/h1-8,11H,9-10H2,(H,21,27). The molecular formula is C19H14FN5O4. The van der Waals surface area contributed by atoms with E-state index in [1.165, 1.54) is 28.8 Å². The number of amides is 1. The number of hydrogen-bond acceptors (Lipinski definition) is 7. The van der Waals surface area contributed by atoms with Crippen molar-refractivity contribution >= 4 is 11.6 Å². The zero-order valence-corrected chi connectivity index (χ0v) is 14.9. The van der Waals surface area contributed by atoms with Crippen LogP contribution in [0.25, 0.3) is 17.0 Å². The highest BCUT2D eigenvalue weighted by molar-refractivity contribution is 5.93. The second-order valence-corrected chi connectivity index (χ2v) is 5.92. The highest BCUT2D eigenvalue weighted by Gasteiger charge is 2.11. The van der Waals surface area contributed by atoms with Crippen molar-refractivity contribution in [3.63, 3.8) is 0 Å². The first-order valence-electron chi connectivity index (χ1n) is 8.58. The van der Waals surface area contributed by atoms with Crippen LogP contribution in [0.2, 0.25) is 0 Å². The van der Waals surface area contributed by atoms with Gasteiger partial charge in [0.25, 0.3) is 5.91 Å². The van der Waals surface area contributed by atoms with Crippen LogP contribution in [0.1, 0.15) is 10.4 Å². The lowest BCUT2D eigenvalue weighted by molar-refractivity contribution is 0.0944. The molecule has 0 aliphatic heterocycles. The molecule has 0 unspecified atom stereocenters. The van der Waals surface area contributed by atoms with Crippen molar-refractivity contribution in [1.29, 1.82) is 0 Å². The minimum atomic E-state index is -0.527. The van der Waals surface area contributed by atoms with Crippen molar-refractivity contribution in [2.24, 2.45) is 0 Å². The monoisotopic (exact) mass is 395 g/mol. The molecule has 0 spiro atoms. The molecule has 0 aliphatic rings. The third kappa shape index (κ3) is 4.10. The summed E-state index contributed by atoms with van der Waals surface area (Å²) in [6.07, 6.45) is 1.09. The number of aromatic nitrogens is 4. The summed E-state index contributed by atoms with van der Waals surface area (Å²) < 4.78 is 24.8. The van der Waals surface area contributed by atoms with E-state index in [1.807, 2.05) is 0 Å². The molecular weight excluding hydrogens is 381 g/mol. The first kappa shape index (κ1) is 18.3. The number of benzene rings is 1. The number of carbonyl (C=O) groups is 1. The molecule has 10 heteroatoms. The van der Waals surface area contributed by atoms with Crippen LogP contribution in [-0.4, -0.2) is 38.9 Å². The zero-order valence-electron chi connectivity index (χ0n) is 14.9. The van der Waals surface area contributed by atoms with Crippen molar-refractivity contribution in [2.75, 3.05) is 13.2 Å². The fourth-order valence-electron chi connectivity index (χ4n) is 2.54. The summed E-state index contributed by atoms with van der Waals surface area (Å²) in [4.78, 5) is 22.9. The molecule has 0 atom stereocenters. The van der Waals surface area contributed by atoms with Crippen LogP contribution in [0.5, 0.6) is 5.88 Å². The van der Waals surface area contributed by atoms with Gasteiger partial charge in [-0.25, -0.2) is 9.18 Å². The Balaban J connectivity index is 1.40. The van der Waals surface area contributed by atoms with Gasteiger partial charge in [0.15, 0.2) is 11.5 Å². The Bertz CT molecular complexity index is 1200. The molecule has 146 valence electrons. The summed E-state index contributed by atoms with van der Waals surface area (Å²) in [5, 5.41) is 15.1. The second kappa shape index (κ2) is 7.89. The summed E-state index contributed by atoms with van der Waals surface area (Å²) in [6.45, 7) is 0.375. The predicted octanol–water partition coefficient (Wildman–Crippen LogP) is 1.69. The van der Waals surface area contributed by atoms with Crippen LogP contribution in [-0.2, 0) is 0 Å². The molecule has 4 rings (SSSR count). The minimum Gasteiger partial charge on any atom is -0.475 e. The lowest BCUT2D eigenvalue weighted by Gasteiger charge is -2.07. The number of ether oxygens (including phenoxy) is 1. The molecule has 29 heavy (non-hydrogen) atoms. The van der Waals surface area contributed by atoms with Gasteiger partial charge in [0.2, 0.25) is 5.88 Å². The van der Waals surface area contributed by atoms with Gasteiger partial charge in [-0.15, -0.1) is 15.3 Å². The van der Waals surface area contributed by atoms with Gasteiger partial charge in [0.1, 0.15) is 18.7 Å². The number of nitrogens with one attached hydrogen (secondary N) is 1. The molecule has 1 N–H and O–H groups in total. The number of carbonyl (C=O) groups excluding carboxylic acids is 1. The summed E-state index contributed by atoms with van der Waals surface area (Å²) >= 11 is 0. The van der Waals surface area contributed by atoms with E-state index in [-0.39, 0.29) is 24.5 Å². The van der Waals surface area contributed by atoms with E-state index in [0.29, 0.717) is 22.9 Å². The Morgan fingerprint density at radius 2 is 1.93 bits per heavy atom. The Hall–Kier alpha value is -4.08. The van der Waals surface area contributed by atoms with Gasteiger partial charge >= 0.3 is 5.63 Å². The maximum Gasteiger partial charge on any atom is 0.335 e. The third-order valence-corrected chi connectivity index (χ3v) is 3.94. The van der Waals surface area contributed by atoms with E-state index < -0.39 is 11.5 Å². The number of rotatable bonds is 6. The summed E-state index contributed by atoms with van der Waals surface area (Å²) in [5.74, 6) is 0.0161. The van der Waals surface area contributed by atoms with E-state index in [0.717, 1.165) is 6.26 Å². The Labute approximate surface area is 162 Å². The number of fused-ring (bicyclic) bond motifs is 1. The number of hydrogen-bond donors (Lipinski definition) is 1. The quantitative estimate of drug-likeness (QED) is 0.495. The molecule has 1 amide bonds. The largest absolute Gasteiger partial charge is 0.475 e. The first-order valence-corrected chi connectivity index (χ1v) is 8.58. The highest BCUT2D eigenvalue weighted by atomic mass is 19.1. The number of nitrogens with zero attached hydrogens (tertiary/aromatic N) is 4. The third-order valence-electron chi connectivity index (χ3n) is 3.94. The molecule has 0 fully saturated rings. The van der Waals surface area contributed by atoms with Crippen molar-refractivity contribution in [3.05, 3.63) is 76.6 Å². The molecule has 3 aromatic heterocycles. The number of halogens is 1. The van der Waals surface area contributed by atoms with Gasteiger partial charge in [0.05, 0.1) is 12.1 Å². The molecule has 0 bridgehead atoms.